The predicted octanol–water partition coefficient (Wildman–Crippen LogP) is 0.924. The molecule has 0 atom stereocenters. The van der Waals surface area contributed by atoms with Crippen molar-refractivity contribution in [3.63, 3.8) is 0 Å². The lowest BCUT2D eigenvalue weighted by atomic mass is 10.1. The predicted molar refractivity (Wildman–Crippen MR) is 57.3 cm³/mol. The number of Topliss-reactive ketones (excluding diaryl/α,β-unsaturated/α-hetero) is 1. The number of carbonyl (C=O) groups is 1. The van der Waals surface area contributed by atoms with Crippen LogP contribution in [0.2, 0.25) is 0 Å². The largest absolute Gasteiger partial charge is 0.333 e. The van der Waals surface area contributed by atoms with Crippen molar-refractivity contribution in [2.75, 3.05) is 13.1 Å². The van der Waals surface area contributed by atoms with Crippen molar-refractivity contribution in [2.45, 2.75) is 26.9 Å². The minimum Gasteiger partial charge on any atom is -0.333 e. The van der Waals surface area contributed by atoms with E-state index in [1.165, 1.54) is 0 Å². The van der Waals surface area contributed by atoms with Crippen LogP contribution in [0.1, 0.15) is 19.7 Å². The molecular formula is C11H17N3O. The quantitative estimate of drug-likeness (QED) is 0.740. The van der Waals surface area contributed by atoms with Crippen LogP contribution >= 0.6 is 0 Å². The van der Waals surface area contributed by atoms with E-state index in [0.29, 0.717) is 12.3 Å². The Morgan fingerprint density at radius 2 is 2.33 bits per heavy atom. The van der Waals surface area contributed by atoms with Gasteiger partial charge in [-0.2, -0.15) is 0 Å². The number of ketones is 1. The number of fused-ring (bicyclic) bond motifs is 1. The fourth-order valence-electron chi connectivity index (χ4n) is 1.76. The van der Waals surface area contributed by atoms with Gasteiger partial charge in [0.2, 0.25) is 0 Å². The Morgan fingerprint density at radius 1 is 1.53 bits per heavy atom. The summed E-state index contributed by atoms with van der Waals surface area (Å²) in [7, 11) is 0. The molecule has 0 unspecified atom stereocenters. The smallest absolute Gasteiger partial charge is 0.149 e. The van der Waals surface area contributed by atoms with Crippen molar-refractivity contribution < 1.29 is 4.79 Å². The number of aromatic nitrogens is 2. The van der Waals surface area contributed by atoms with Gasteiger partial charge >= 0.3 is 0 Å². The Bertz CT molecular complexity index is 356. The molecule has 1 aliphatic rings. The summed E-state index contributed by atoms with van der Waals surface area (Å²) in [5.41, 5.74) is 0. The normalized spacial score (nSPS) is 16.7. The fourth-order valence-corrected chi connectivity index (χ4v) is 1.76. The van der Waals surface area contributed by atoms with Crippen LogP contribution in [0, 0.1) is 5.92 Å². The summed E-state index contributed by atoms with van der Waals surface area (Å²) in [5, 5.41) is 0. The first kappa shape index (κ1) is 10.4. The highest BCUT2D eigenvalue weighted by Gasteiger charge is 2.19. The zero-order chi connectivity index (χ0) is 10.8. The number of rotatable bonds is 3. The molecule has 15 heavy (non-hydrogen) atoms. The molecule has 82 valence electrons. The number of nitrogens with zero attached hydrogens (tertiary/aromatic N) is 3. The monoisotopic (exact) mass is 207 g/mol. The fraction of sp³-hybridized carbons (Fsp3) is 0.636. The standard InChI is InChI=1S/C11H17N3O/c1-9(2)10(15)7-13-5-6-14-4-3-12-11(14)8-13/h3-4,9H,5-8H2,1-2H3. The molecule has 0 spiro atoms. The van der Waals surface area contributed by atoms with Crippen molar-refractivity contribution in [1.29, 1.82) is 0 Å². The SMILES string of the molecule is CC(C)C(=O)CN1CCn2ccnc2C1. The lowest BCUT2D eigenvalue weighted by molar-refractivity contribution is -0.123. The van der Waals surface area contributed by atoms with Crippen LogP contribution in [0.4, 0.5) is 0 Å². The van der Waals surface area contributed by atoms with E-state index >= 15 is 0 Å². The Kier molecular flexibility index (Phi) is 2.86. The molecular weight excluding hydrogens is 190 g/mol. The molecule has 0 saturated heterocycles. The minimum atomic E-state index is 0.131. The molecule has 1 aliphatic heterocycles. The molecule has 0 N–H and O–H groups in total. The van der Waals surface area contributed by atoms with Gasteiger partial charge in [0.05, 0.1) is 13.1 Å². The molecule has 0 aromatic carbocycles. The second-order valence-electron chi connectivity index (χ2n) is 4.37. The Balaban J connectivity index is 1.96. The summed E-state index contributed by atoms with van der Waals surface area (Å²) in [6.45, 7) is 7.15. The number of hydrogen-bond acceptors (Lipinski definition) is 3. The number of imidazole rings is 1. The summed E-state index contributed by atoms with van der Waals surface area (Å²) >= 11 is 0. The van der Waals surface area contributed by atoms with Crippen LogP contribution in [0.5, 0.6) is 0 Å². The molecule has 4 heteroatoms. The maximum absolute atomic E-state index is 11.6. The lowest BCUT2D eigenvalue weighted by Gasteiger charge is -2.27. The van der Waals surface area contributed by atoms with E-state index in [-0.39, 0.29) is 5.92 Å². The highest BCUT2D eigenvalue weighted by Crippen LogP contribution is 2.10. The van der Waals surface area contributed by atoms with Crippen LogP contribution in [0.3, 0.4) is 0 Å². The Morgan fingerprint density at radius 3 is 3.07 bits per heavy atom. The van der Waals surface area contributed by atoms with Gasteiger partial charge < -0.3 is 4.57 Å². The van der Waals surface area contributed by atoms with Gasteiger partial charge in [0.1, 0.15) is 11.6 Å². The minimum absolute atomic E-state index is 0.131. The average Bonchev–Trinajstić information content (AvgIpc) is 2.64. The first-order valence-electron chi connectivity index (χ1n) is 5.42. The van der Waals surface area contributed by atoms with Crippen LogP contribution in [0.25, 0.3) is 0 Å². The van der Waals surface area contributed by atoms with E-state index in [9.17, 15) is 4.79 Å². The van der Waals surface area contributed by atoms with Gasteiger partial charge in [0.25, 0.3) is 0 Å². The number of carbonyl (C=O) groups excluding carboxylic acids is 1. The molecule has 0 aliphatic carbocycles. The summed E-state index contributed by atoms with van der Waals surface area (Å²) in [5.74, 6) is 1.51. The molecule has 2 rings (SSSR count). The molecule has 0 amide bonds. The van der Waals surface area contributed by atoms with Gasteiger partial charge in [0, 0.05) is 31.4 Å². The third kappa shape index (κ3) is 2.26. The molecule has 0 radical (unpaired) electrons. The van der Waals surface area contributed by atoms with Crippen molar-refractivity contribution in [3.05, 3.63) is 18.2 Å². The Labute approximate surface area is 89.9 Å². The molecule has 0 bridgehead atoms. The van der Waals surface area contributed by atoms with Crippen LogP contribution in [-0.2, 0) is 17.9 Å². The van der Waals surface area contributed by atoms with E-state index in [0.717, 1.165) is 25.5 Å². The van der Waals surface area contributed by atoms with E-state index in [4.69, 9.17) is 0 Å². The van der Waals surface area contributed by atoms with E-state index < -0.39 is 0 Å². The molecule has 0 fully saturated rings. The van der Waals surface area contributed by atoms with Crippen molar-refractivity contribution >= 4 is 5.78 Å². The van der Waals surface area contributed by atoms with Gasteiger partial charge in [-0.25, -0.2) is 4.98 Å². The molecule has 2 heterocycles. The topological polar surface area (TPSA) is 38.1 Å². The highest BCUT2D eigenvalue weighted by atomic mass is 16.1. The van der Waals surface area contributed by atoms with Gasteiger partial charge in [0.15, 0.2) is 0 Å². The number of hydrogen-bond donors (Lipinski definition) is 0. The first-order chi connectivity index (χ1) is 7.16. The zero-order valence-electron chi connectivity index (χ0n) is 9.31. The average molecular weight is 207 g/mol. The molecule has 4 nitrogen and oxygen atoms in total. The van der Waals surface area contributed by atoms with Gasteiger partial charge in [-0.05, 0) is 0 Å². The third-order valence-corrected chi connectivity index (χ3v) is 2.85. The van der Waals surface area contributed by atoms with Crippen LogP contribution in [0.15, 0.2) is 12.4 Å². The first-order valence-corrected chi connectivity index (χ1v) is 5.42. The van der Waals surface area contributed by atoms with Gasteiger partial charge in [-0.15, -0.1) is 0 Å². The van der Waals surface area contributed by atoms with E-state index in [1.54, 1.807) is 0 Å². The second kappa shape index (κ2) is 4.14. The zero-order valence-corrected chi connectivity index (χ0v) is 9.31. The van der Waals surface area contributed by atoms with E-state index in [2.05, 4.69) is 14.5 Å². The molecule has 0 saturated carbocycles. The van der Waals surface area contributed by atoms with Crippen LogP contribution < -0.4 is 0 Å². The summed E-state index contributed by atoms with van der Waals surface area (Å²) < 4.78 is 2.15. The maximum atomic E-state index is 11.6. The van der Waals surface area contributed by atoms with Gasteiger partial charge in [-0.1, -0.05) is 13.8 Å². The molecule has 1 aromatic rings. The van der Waals surface area contributed by atoms with Crippen molar-refractivity contribution in [3.8, 4) is 0 Å². The van der Waals surface area contributed by atoms with Crippen molar-refractivity contribution in [1.82, 2.24) is 14.5 Å². The summed E-state index contributed by atoms with van der Waals surface area (Å²) in [6, 6.07) is 0. The van der Waals surface area contributed by atoms with Crippen molar-refractivity contribution in [2.24, 2.45) is 5.92 Å². The second-order valence-corrected chi connectivity index (χ2v) is 4.37. The molecule has 1 aromatic heterocycles. The van der Waals surface area contributed by atoms with Crippen LogP contribution in [-0.4, -0.2) is 33.3 Å². The third-order valence-electron chi connectivity index (χ3n) is 2.85. The van der Waals surface area contributed by atoms with Gasteiger partial charge in [-0.3, -0.25) is 9.69 Å². The summed E-state index contributed by atoms with van der Waals surface area (Å²) in [4.78, 5) is 18.0. The summed E-state index contributed by atoms with van der Waals surface area (Å²) in [6.07, 6.45) is 3.82. The maximum Gasteiger partial charge on any atom is 0.149 e. The highest BCUT2D eigenvalue weighted by molar-refractivity contribution is 5.82. The Hall–Kier alpha value is -1.16. The lowest BCUT2D eigenvalue weighted by Crippen LogP contribution is -2.38. The van der Waals surface area contributed by atoms with E-state index in [1.807, 2.05) is 26.2 Å².